The molecule has 0 atom stereocenters. The van der Waals surface area contributed by atoms with E-state index in [4.69, 9.17) is 5.11 Å². The number of carboxylic acids is 1. The molecule has 2 rings (SSSR count). The van der Waals surface area contributed by atoms with Crippen molar-refractivity contribution in [3.63, 3.8) is 0 Å². The molecular formula is C17H37I3O2S4VY2-2. The second-order valence-electron chi connectivity index (χ2n) is 4.51. The molecule has 0 aliphatic carbocycles. The van der Waals surface area contributed by atoms with Crippen LogP contribution in [0.3, 0.4) is 0 Å². The minimum atomic E-state index is -0.745. The zero-order chi connectivity index (χ0) is 20.9. The van der Waals surface area contributed by atoms with Crippen LogP contribution in [0.1, 0.15) is 65.7 Å². The predicted molar refractivity (Wildman–Crippen MR) is 161 cm³/mol. The number of aliphatic carboxylic acids is 1. The molecule has 2 nitrogen and oxygen atoms in total. The Hall–Kier alpha value is 5.85. The molecule has 2 heterocycles. The molecule has 0 aromatic rings. The Morgan fingerprint density at radius 2 is 1.17 bits per heavy atom. The van der Waals surface area contributed by atoms with Gasteiger partial charge in [0.05, 0.1) is 0 Å². The maximum absolute atomic E-state index is 9.37. The van der Waals surface area contributed by atoms with Crippen LogP contribution in [0, 0.1) is 13.8 Å². The van der Waals surface area contributed by atoms with E-state index in [1.807, 2.05) is 50.1 Å². The molecule has 2 saturated heterocycles. The van der Waals surface area contributed by atoms with E-state index >= 15 is 0 Å². The molecular weight excluding hydrogens is 974 g/mol. The average molecular weight is 1010 g/mol. The minimum absolute atomic E-state index is 0. The maximum Gasteiger partial charge on any atom is 0 e. The Morgan fingerprint density at radius 1 is 0.931 bits per heavy atom. The third-order valence-electron chi connectivity index (χ3n) is 1.98. The van der Waals surface area contributed by atoms with Crippen molar-refractivity contribution >= 4 is 113 Å². The summed E-state index contributed by atoms with van der Waals surface area (Å²) < 4.78 is 0. The quantitative estimate of drug-likeness (QED) is 0.173. The molecule has 0 spiro atoms. The van der Waals surface area contributed by atoms with Gasteiger partial charge in [-0.3, -0.25) is 4.79 Å². The molecule has 0 bridgehead atoms. The van der Waals surface area contributed by atoms with E-state index in [2.05, 4.69) is 60.7 Å². The predicted octanol–water partition coefficient (Wildman–Crippen LogP) is 9.65. The number of hydrogen-bond donors (Lipinski definition) is 1. The molecule has 1 N–H and O–H groups in total. The van der Waals surface area contributed by atoms with Gasteiger partial charge in [-0.2, -0.15) is 12.8 Å². The molecule has 0 unspecified atom stereocenters. The Bertz CT molecular complexity index is 210. The molecule has 2 aliphatic heterocycles. The van der Waals surface area contributed by atoms with Crippen molar-refractivity contribution in [2.75, 3.05) is 23.0 Å². The Labute approximate surface area is 294 Å². The van der Waals surface area contributed by atoms with E-state index in [0.717, 1.165) is 12.8 Å². The van der Waals surface area contributed by atoms with Crippen molar-refractivity contribution in [2.24, 2.45) is 0 Å². The molecule has 175 valence electrons. The zero-order valence-corrected chi connectivity index (χ0v) is 34.9. The van der Waals surface area contributed by atoms with Crippen LogP contribution in [0.2, 0.25) is 0 Å². The van der Waals surface area contributed by atoms with E-state index in [1.54, 1.807) is 6.92 Å². The second-order valence-corrected chi connectivity index (χ2v) is 21.7. The Morgan fingerprint density at radius 3 is 1.21 bits per heavy atom. The van der Waals surface area contributed by atoms with Crippen molar-refractivity contribution in [1.82, 2.24) is 0 Å². The maximum atomic E-state index is 9.37. The molecule has 2 aliphatic rings. The normalized spacial score (nSPS) is 12.1. The van der Waals surface area contributed by atoms with E-state index in [1.165, 1.54) is 48.7 Å². The van der Waals surface area contributed by atoms with Crippen molar-refractivity contribution in [3.8, 4) is 0 Å². The fourth-order valence-electron chi connectivity index (χ4n) is 0.839. The largest absolute Gasteiger partial charge is 0 e. The number of carboxylic acid groups (broad SMARTS) is 1. The zero-order valence-electron chi connectivity index (χ0n) is 17.9. The second kappa shape index (κ2) is 59.2. The van der Waals surface area contributed by atoms with Crippen LogP contribution in [0.4, 0.5) is 0 Å². The van der Waals surface area contributed by atoms with Gasteiger partial charge in [-0.05, 0) is 12.8 Å². The molecule has 29 heavy (non-hydrogen) atoms. The van der Waals surface area contributed by atoms with Crippen LogP contribution >= 0.6 is 107 Å². The van der Waals surface area contributed by atoms with E-state index < -0.39 is 5.97 Å². The van der Waals surface area contributed by atoms with Gasteiger partial charge in [0, 0.05) is 94.9 Å². The van der Waals surface area contributed by atoms with E-state index in [0.29, 0.717) is 9.47 Å². The van der Waals surface area contributed by atoms with Gasteiger partial charge >= 0.3 is 55.4 Å². The molecule has 2 radical (unpaired) electrons. The van der Waals surface area contributed by atoms with Crippen LogP contribution in [0.5, 0.6) is 0 Å². The van der Waals surface area contributed by atoms with Gasteiger partial charge in [-0.25, -0.2) is 0 Å². The Balaban J connectivity index is -0.0000000398. The van der Waals surface area contributed by atoms with E-state index in [-0.39, 0.29) is 95.8 Å². The molecule has 2 fully saturated rings. The van der Waals surface area contributed by atoms with Gasteiger partial charge in [0.1, 0.15) is 0 Å². The van der Waals surface area contributed by atoms with Crippen molar-refractivity contribution in [1.29, 1.82) is 0 Å². The van der Waals surface area contributed by atoms with Gasteiger partial charge < -0.3 is 19.0 Å². The summed E-state index contributed by atoms with van der Waals surface area (Å²) in [5.41, 5.74) is 0. The third kappa shape index (κ3) is 87.1. The first kappa shape index (κ1) is 51.5. The van der Waals surface area contributed by atoms with Crippen molar-refractivity contribution in [2.45, 2.75) is 65.7 Å². The summed E-state index contributed by atoms with van der Waals surface area (Å²) in [4.78, 5) is 9.37. The monoisotopic (exact) mass is 1010 g/mol. The fourth-order valence-corrected chi connectivity index (χ4v) is 5.55. The average Bonchev–Trinajstić information content (AvgIpc) is 3.36. The SMILES string of the molecule is C1CSSC1.C1CSSC1.CCC(=O)O.I.[CH2-]CC.[CH2-]CCCC.[I][V][I].[Y].[Y]. The standard InChI is InChI=1S/C5H11.C3H6O2.2C3H6S2.C3H7.3HI.V.2Y/c1-3-5-4-2;1-2-3(4)5;2*1-2-4-5-3-1;1-3-2;;;;;;/h1,3-5H2,2H3;2H2,1H3,(H,4,5);2*1-3H2;1,3H2,2H3;3*1H;;;/q-1;;;;-1;;;;+2;;/p-2. The molecule has 0 amide bonds. The number of unbranched alkanes of at least 4 members (excludes halogenated alkanes) is 2. The van der Waals surface area contributed by atoms with Crippen LogP contribution in [0.15, 0.2) is 0 Å². The van der Waals surface area contributed by atoms with Crippen LogP contribution in [-0.4, -0.2) is 34.1 Å². The summed E-state index contributed by atoms with van der Waals surface area (Å²) in [6.45, 7) is 12.9. The summed E-state index contributed by atoms with van der Waals surface area (Å²) in [5.74, 6) is 4.77. The van der Waals surface area contributed by atoms with Gasteiger partial charge in [0.25, 0.3) is 0 Å². The molecule has 0 aromatic carbocycles. The number of rotatable bonds is 3. The first-order valence-corrected chi connectivity index (χ1v) is 22.7. The third-order valence-corrected chi connectivity index (χ3v) is 7.14. The number of halogens is 3. The smallest absolute Gasteiger partial charge is 0 e. The van der Waals surface area contributed by atoms with Crippen LogP contribution in [-0.2, 0) is 79.7 Å². The minimum Gasteiger partial charge on any atom is 0 e. The topological polar surface area (TPSA) is 37.3 Å². The summed E-state index contributed by atoms with van der Waals surface area (Å²) in [6, 6.07) is 0. The molecule has 0 aromatic heterocycles. The van der Waals surface area contributed by atoms with Gasteiger partial charge in [0.15, 0.2) is 0 Å². The summed E-state index contributed by atoms with van der Waals surface area (Å²) >= 11 is 4.74. The first-order chi connectivity index (χ1) is 12.5. The van der Waals surface area contributed by atoms with Crippen molar-refractivity contribution in [3.05, 3.63) is 13.8 Å². The fraction of sp³-hybridized carbons (Fsp3) is 0.824. The summed E-state index contributed by atoms with van der Waals surface area (Å²) in [5, 5.41) is 7.72. The van der Waals surface area contributed by atoms with E-state index in [9.17, 15) is 4.79 Å². The van der Waals surface area contributed by atoms with Crippen LogP contribution in [0.25, 0.3) is 0 Å². The van der Waals surface area contributed by atoms with Crippen molar-refractivity contribution < 1.29 is 84.8 Å². The van der Waals surface area contributed by atoms with Gasteiger partial charge in [-0.1, -0.05) is 76.8 Å². The first-order valence-electron chi connectivity index (χ1n) is 8.73. The number of hydrogen-bond acceptors (Lipinski definition) is 5. The summed E-state index contributed by atoms with van der Waals surface area (Å²) in [7, 11) is 8.59. The number of carbonyl (C=O) groups is 1. The van der Waals surface area contributed by atoms with Gasteiger partial charge in [-0.15, -0.1) is 24.0 Å². The molecule has 0 saturated carbocycles. The Kier molecular flexibility index (Phi) is 105. The molecule has 12 heteroatoms. The van der Waals surface area contributed by atoms with Gasteiger partial charge in [0.2, 0.25) is 0 Å². The van der Waals surface area contributed by atoms with Crippen LogP contribution < -0.4 is 0 Å². The summed E-state index contributed by atoms with van der Waals surface area (Å²) in [6.07, 6.45) is 7.73.